The number of nitrogens with one attached hydrogen (secondary N) is 1. The first-order chi connectivity index (χ1) is 9.19. The van der Waals surface area contributed by atoms with Gasteiger partial charge in [-0.1, -0.05) is 37.3 Å². The molecule has 0 spiro atoms. The van der Waals surface area contributed by atoms with Crippen molar-refractivity contribution in [2.75, 3.05) is 18.1 Å². The molecule has 3 nitrogen and oxygen atoms in total. The van der Waals surface area contributed by atoms with Gasteiger partial charge in [0.15, 0.2) is 0 Å². The molecule has 0 aliphatic heterocycles. The zero-order valence-electron chi connectivity index (χ0n) is 11.9. The Labute approximate surface area is 120 Å². The van der Waals surface area contributed by atoms with E-state index < -0.39 is 0 Å². The van der Waals surface area contributed by atoms with Gasteiger partial charge in [0.1, 0.15) is 6.04 Å². The van der Waals surface area contributed by atoms with Crippen molar-refractivity contribution < 1.29 is 9.53 Å². The molecule has 0 radical (unpaired) electrons. The van der Waals surface area contributed by atoms with Crippen molar-refractivity contribution in [2.45, 2.75) is 32.9 Å². The van der Waals surface area contributed by atoms with Crippen molar-refractivity contribution in [3.05, 3.63) is 35.9 Å². The summed E-state index contributed by atoms with van der Waals surface area (Å²) in [5.41, 5.74) is 0.953. The smallest absolute Gasteiger partial charge is 0.327 e. The molecule has 0 saturated carbocycles. The first-order valence-electron chi connectivity index (χ1n) is 6.74. The molecule has 0 aliphatic rings. The SMILES string of the molecule is CCOC(=O)C(NC(C)CSCC)c1ccccc1. The van der Waals surface area contributed by atoms with E-state index in [0.29, 0.717) is 6.61 Å². The van der Waals surface area contributed by atoms with Crippen LogP contribution in [0, 0.1) is 0 Å². The lowest BCUT2D eigenvalue weighted by atomic mass is 10.1. The molecule has 1 aromatic rings. The Balaban J connectivity index is 2.73. The lowest BCUT2D eigenvalue weighted by molar-refractivity contribution is -0.146. The second-order valence-corrected chi connectivity index (χ2v) is 5.64. The van der Waals surface area contributed by atoms with Crippen LogP contribution in [0.3, 0.4) is 0 Å². The maximum Gasteiger partial charge on any atom is 0.327 e. The normalized spacial score (nSPS) is 13.8. The topological polar surface area (TPSA) is 38.3 Å². The van der Waals surface area contributed by atoms with Crippen molar-refractivity contribution in [2.24, 2.45) is 0 Å². The van der Waals surface area contributed by atoms with E-state index in [-0.39, 0.29) is 18.1 Å². The van der Waals surface area contributed by atoms with E-state index in [4.69, 9.17) is 4.74 Å². The molecule has 0 aliphatic carbocycles. The Morgan fingerprint density at radius 3 is 2.58 bits per heavy atom. The van der Waals surface area contributed by atoms with Gasteiger partial charge in [-0.05, 0) is 25.2 Å². The molecule has 0 fully saturated rings. The van der Waals surface area contributed by atoms with Crippen LogP contribution in [0.15, 0.2) is 30.3 Å². The number of ether oxygens (including phenoxy) is 1. The lowest BCUT2D eigenvalue weighted by Crippen LogP contribution is -2.37. The number of hydrogen-bond acceptors (Lipinski definition) is 4. The van der Waals surface area contributed by atoms with Gasteiger partial charge in [0, 0.05) is 11.8 Å². The molecule has 2 atom stereocenters. The average Bonchev–Trinajstić information content (AvgIpc) is 2.43. The van der Waals surface area contributed by atoms with Gasteiger partial charge in [0.25, 0.3) is 0 Å². The molecular weight excluding hydrogens is 258 g/mol. The quantitative estimate of drug-likeness (QED) is 0.743. The molecule has 2 unspecified atom stereocenters. The highest BCUT2D eigenvalue weighted by molar-refractivity contribution is 7.99. The highest BCUT2D eigenvalue weighted by Crippen LogP contribution is 2.16. The van der Waals surface area contributed by atoms with E-state index in [9.17, 15) is 4.79 Å². The Bertz CT molecular complexity index is 370. The third kappa shape index (κ3) is 5.66. The highest BCUT2D eigenvalue weighted by atomic mass is 32.2. The predicted molar refractivity (Wildman–Crippen MR) is 81.4 cm³/mol. The number of hydrogen-bond donors (Lipinski definition) is 1. The monoisotopic (exact) mass is 281 g/mol. The van der Waals surface area contributed by atoms with Crippen molar-refractivity contribution in [3.63, 3.8) is 0 Å². The van der Waals surface area contributed by atoms with Crippen LogP contribution in [-0.4, -0.2) is 30.1 Å². The molecule has 0 saturated heterocycles. The Morgan fingerprint density at radius 1 is 1.32 bits per heavy atom. The first kappa shape index (κ1) is 16.1. The van der Waals surface area contributed by atoms with Crippen LogP contribution in [0.4, 0.5) is 0 Å². The Morgan fingerprint density at radius 2 is 2.00 bits per heavy atom. The summed E-state index contributed by atoms with van der Waals surface area (Å²) < 4.78 is 5.16. The van der Waals surface area contributed by atoms with E-state index in [0.717, 1.165) is 17.1 Å². The van der Waals surface area contributed by atoms with E-state index >= 15 is 0 Å². The summed E-state index contributed by atoms with van der Waals surface area (Å²) in [4.78, 5) is 12.1. The molecule has 106 valence electrons. The molecule has 4 heteroatoms. The van der Waals surface area contributed by atoms with E-state index in [1.807, 2.05) is 49.0 Å². The predicted octanol–water partition coefficient (Wildman–Crippen LogP) is 3.02. The second-order valence-electron chi connectivity index (χ2n) is 4.32. The van der Waals surface area contributed by atoms with Gasteiger partial charge in [-0.25, -0.2) is 4.79 Å². The van der Waals surface area contributed by atoms with Crippen molar-refractivity contribution in [1.29, 1.82) is 0 Å². The number of carbonyl (C=O) groups is 1. The van der Waals surface area contributed by atoms with Gasteiger partial charge < -0.3 is 4.74 Å². The zero-order chi connectivity index (χ0) is 14.1. The number of esters is 1. The standard InChI is InChI=1S/C15H23NO2S/c1-4-18-15(17)14(13-9-7-6-8-10-13)16-12(3)11-19-5-2/h6-10,12,14,16H,4-5,11H2,1-3H3. The summed E-state index contributed by atoms with van der Waals surface area (Å²) in [6, 6.07) is 9.61. The fourth-order valence-corrected chi connectivity index (χ4v) is 2.48. The molecule has 1 N–H and O–H groups in total. The Kier molecular flexibility index (Phi) is 7.60. The molecule has 0 bridgehead atoms. The minimum Gasteiger partial charge on any atom is -0.465 e. The van der Waals surface area contributed by atoms with Crippen LogP contribution in [0.5, 0.6) is 0 Å². The van der Waals surface area contributed by atoms with Crippen LogP contribution in [-0.2, 0) is 9.53 Å². The van der Waals surface area contributed by atoms with Crippen LogP contribution >= 0.6 is 11.8 Å². The van der Waals surface area contributed by atoms with Gasteiger partial charge in [-0.2, -0.15) is 11.8 Å². The van der Waals surface area contributed by atoms with Crippen LogP contribution in [0.25, 0.3) is 0 Å². The lowest BCUT2D eigenvalue weighted by Gasteiger charge is -2.22. The van der Waals surface area contributed by atoms with Crippen molar-refractivity contribution in [3.8, 4) is 0 Å². The largest absolute Gasteiger partial charge is 0.465 e. The maximum atomic E-state index is 12.1. The third-order valence-electron chi connectivity index (χ3n) is 2.68. The summed E-state index contributed by atoms with van der Waals surface area (Å²) >= 11 is 1.86. The summed E-state index contributed by atoms with van der Waals surface area (Å²) in [5.74, 6) is 1.86. The molecule has 0 aromatic heterocycles. The third-order valence-corrected chi connectivity index (χ3v) is 3.82. The fourth-order valence-electron chi connectivity index (χ4n) is 1.80. The summed E-state index contributed by atoms with van der Waals surface area (Å²) in [6.07, 6.45) is 0. The number of carbonyl (C=O) groups excluding carboxylic acids is 1. The van der Waals surface area contributed by atoms with Crippen LogP contribution in [0.1, 0.15) is 32.4 Å². The van der Waals surface area contributed by atoms with E-state index in [1.54, 1.807) is 0 Å². The highest BCUT2D eigenvalue weighted by Gasteiger charge is 2.23. The van der Waals surface area contributed by atoms with Gasteiger partial charge in [-0.15, -0.1) is 0 Å². The average molecular weight is 281 g/mol. The first-order valence-corrected chi connectivity index (χ1v) is 7.89. The molecule has 19 heavy (non-hydrogen) atoms. The second kappa shape index (κ2) is 8.99. The van der Waals surface area contributed by atoms with Crippen molar-refractivity contribution >= 4 is 17.7 Å². The number of thioether (sulfide) groups is 1. The molecule has 1 aromatic carbocycles. The zero-order valence-corrected chi connectivity index (χ0v) is 12.7. The molecule has 0 heterocycles. The van der Waals surface area contributed by atoms with Crippen LogP contribution in [0.2, 0.25) is 0 Å². The molecular formula is C15H23NO2S. The van der Waals surface area contributed by atoms with Gasteiger partial charge in [0.05, 0.1) is 6.61 Å². The fraction of sp³-hybridized carbons (Fsp3) is 0.533. The summed E-state index contributed by atoms with van der Waals surface area (Å²) in [5, 5.41) is 3.36. The van der Waals surface area contributed by atoms with Crippen LogP contribution < -0.4 is 5.32 Å². The maximum absolute atomic E-state index is 12.1. The van der Waals surface area contributed by atoms with Gasteiger partial charge in [0.2, 0.25) is 0 Å². The molecule has 0 amide bonds. The Hall–Kier alpha value is -1.00. The summed E-state index contributed by atoms with van der Waals surface area (Å²) in [7, 11) is 0. The number of benzene rings is 1. The minimum absolute atomic E-state index is 0.206. The van der Waals surface area contributed by atoms with E-state index in [2.05, 4.69) is 19.2 Å². The van der Waals surface area contributed by atoms with Crippen molar-refractivity contribution in [1.82, 2.24) is 5.32 Å². The minimum atomic E-state index is -0.381. The van der Waals surface area contributed by atoms with Gasteiger partial charge >= 0.3 is 5.97 Å². The van der Waals surface area contributed by atoms with E-state index in [1.165, 1.54) is 0 Å². The molecule has 1 rings (SSSR count). The summed E-state index contributed by atoms with van der Waals surface area (Å²) in [6.45, 7) is 6.47. The van der Waals surface area contributed by atoms with Gasteiger partial charge in [-0.3, -0.25) is 5.32 Å². The number of rotatable bonds is 8.